The summed E-state index contributed by atoms with van der Waals surface area (Å²) in [6.45, 7) is 4.23. The summed E-state index contributed by atoms with van der Waals surface area (Å²) in [5, 5.41) is 3.70. The first kappa shape index (κ1) is 7.01. The zero-order chi connectivity index (χ0) is 7.40. The Morgan fingerprint density at radius 3 is 3.10 bits per heavy atom. The fraction of sp³-hybridized carbons (Fsp3) is 0.200. The smallest absolute Gasteiger partial charge is 0.233 e. The second-order valence-corrected chi connectivity index (χ2v) is 2.38. The molecule has 0 radical (unpaired) electrons. The third-order valence-electron chi connectivity index (χ3n) is 0.839. The number of nitrogens with two attached hydrogens (primary N) is 1. The number of hydrogen-bond donors (Lipinski definition) is 2. The zero-order valence-electron chi connectivity index (χ0n) is 5.37. The summed E-state index contributed by atoms with van der Waals surface area (Å²) in [6.07, 6.45) is 1.75. The van der Waals surface area contributed by atoms with Crippen molar-refractivity contribution in [1.29, 1.82) is 0 Å². The van der Waals surface area contributed by atoms with Crippen LogP contribution < -0.4 is 11.1 Å². The summed E-state index contributed by atoms with van der Waals surface area (Å²) in [4.78, 5) is 3.87. The number of nitrogen functional groups attached to an aromatic ring is 1. The summed E-state index contributed by atoms with van der Waals surface area (Å²) in [7, 11) is 0. The third kappa shape index (κ3) is 1.70. The molecule has 1 aromatic heterocycles. The van der Waals surface area contributed by atoms with Gasteiger partial charge in [0.2, 0.25) is 11.1 Å². The maximum Gasteiger partial charge on any atom is 0.233 e. The van der Waals surface area contributed by atoms with Crippen molar-refractivity contribution in [3.8, 4) is 0 Å². The van der Waals surface area contributed by atoms with E-state index in [4.69, 9.17) is 5.73 Å². The van der Waals surface area contributed by atoms with Crippen LogP contribution in [0.25, 0.3) is 0 Å². The molecule has 0 saturated carbocycles. The fourth-order valence-corrected chi connectivity index (χ4v) is 0.969. The molecule has 10 heavy (non-hydrogen) atoms. The molecule has 54 valence electrons. The topological polar surface area (TPSA) is 63.8 Å². The van der Waals surface area contributed by atoms with E-state index in [0.717, 1.165) is 5.13 Å². The van der Waals surface area contributed by atoms with Crippen LogP contribution >= 0.6 is 11.5 Å². The largest absolute Gasteiger partial charge is 0.367 e. The molecular formula is C5H8N4S. The van der Waals surface area contributed by atoms with Gasteiger partial charge in [-0.1, -0.05) is 6.08 Å². The molecule has 0 saturated heterocycles. The third-order valence-corrected chi connectivity index (χ3v) is 1.53. The minimum Gasteiger partial charge on any atom is -0.367 e. The quantitative estimate of drug-likeness (QED) is 0.633. The summed E-state index contributed by atoms with van der Waals surface area (Å²) in [5.41, 5.74) is 5.27. The first-order chi connectivity index (χ1) is 4.83. The van der Waals surface area contributed by atoms with Crippen LogP contribution in [-0.4, -0.2) is 15.9 Å². The van der Waals surface area contributed by atoms with Crippen LogP contribution in [0.15, 0.2) is 12.7 Å². The van der Waals surface area contributed by atoms with Gasteiger partial charge in [0, 0.05) is 18.1 Å². The Hall–Kier alpha value is -1.10. The Labute approximate surface area is 62.9 Å². The lowest BCUT2D eigenvalue weighted by molar-refractivity contribution is 1.27. The van der Waals surface area contributed by atoms with Crippen LogP contribution in [0.5, 0.6) is 0 Å². The van der Waals surface area contributed by atoms with Gasteiger partial charge in [0.25, 0.3) is 0 Å². The van der Waals surface area contributed by atoms with E-state index in [1.165, 1.54) is 11.5 Å². The van der Waals surface area contributed by atoms with Crippen molar-refractivity contribution in [2.24, 2.45) is 0 Å². The average molecular weight is 156 g/mol. The Kier molecular flexibility index (Phi) is 2.22. The van der Waals surface area contributed by atoms with Gasteiger partial charge in [-0.3, -0.25) is 0 Å². The van der Waals surface area contributed by atoms with Gasteiger partial charge in [0.05, 0.1) is 0 Å². The normalized spacial score (nSPS) is 9.20. The molecule has 4 nitrogen and oxygen atoms in total. The van der Waals surface area contributed by atoms with Crippen LogP contribution in [0.1, 0.15) is 0 Å². The SMILES string of the molecule is C=CCNc1nc(N)ns1. The summed E-state index contributed by atoms with van der Waals surface area (Å²) >= 11 is 1.24. The number of aromatic nitrogens is 2. The van der Waals surface area contributed by atoms with Crippen molar-refractivity contribution in [1.82, 2.24) is 9.36 Å². The van der Waals surface area contributed by atoms with E-state index >= 15 is 0 Å². The number of nitrogens with zero attached hydrogens (tertiary/aromatic N) is 2. The second-order valence-electron chi connectivity index (χ2n) is 1.63. The van der Waals surface area contributed by atoms with E-state index in [1.807, 2.05) is 0 Å². The van der Waals surface area contributed by atoms with Crippen LogP contribution in [0.4, 0.5) is 11.1 Å². The van der Waals surface area contributed by atoms with E-state index in [1.54, 1.807) is 6.08 Å². The minimum absolute atomic E-state index is 0.316. The van der Waals surface area contributed by atoms with Gasteiger partial charge in [0.1, 0.15) is 0 Å². The number of hydrogen-bond acceptors (Lipinski definition) is 5. The first-order valence-electron chi connectivity index (χ1n) is 2.77. The molecule has 0 aliphatic carbocycles. The van der Waals surface area contributed by atoms with Crippen LogP contribution in [-0.2, 0) is 0 Å². The van der Waals surface area contributed by atoms with Crippen molar-refractivity contribution in [3.63, 3.8) is 0 Å². The van der Waals surface area contributed by atoms with Gasteiger partial charge in [-0.15, -0.1) is 6.58 Å². The van der Waals surface area contributed by atoms with E-state index in [0.29, 0.717) is 12.5 Å². The van der Waals surface area contributed by atoms with Crippen LogP contribution in [0, 0.1) is 0 Å². The molecule has 0 aliphatic rings. The maximum absolute atomic E-state index is 5.27. The highest BCUT2D eigenvalue weighted by Gasteiger charge is 1.95. The van der Waals surface area contributed by atoms with Crippen molar-refractivity contribution >= 4 is 22.6 Å². The van der Waals surface area contributed by atoms with Crippen LogP contribution in [0.3, 0.4) is 0 Å². The summed E-state index contributed by atoms with van der Waals surface area (Å²) < 4.78 is 3.78. The molecule has 1 aromatic rings. The predicted octanol–water partition coefficient (Wildman–Crippen LogP) is 0.718. The summed E-state index contributed by atoms with van der Waals surface area (Å²) in [5.74, 6) is 0.316. The molecule has 0 bridgehead atoms. The van der Waals surface area contributed by atoms with E-state index < -0.39 is 0 Å². The molecule has 0 aliphatic heterocycles. The Balaban J connectivity index is 2.49. The molecule has 0 unspecified atom stereocenters. The fourth-order valence-electron chi connectivity index (χ4n) is 0.466. The number of nitrogens with one attached hydrogen (secondary N) is 1. The highest BCUT2D eigenvalue weighted by Crippen LogP contribution is 2.10. The molecular weight excluding hydrogens is 148 g/mol. The average Bonchev–Trinajstić information content (AvgIpc) is 2.31. The highest BCUT2D eigenvalue weighted by molar-refractivity contribution is 7.09. The molecule has 0 atom stereocenters. The van der Waals surface area contributed by atoms with Gasteiger partial charge < -0.3 is 11.1 Å². The van der Waals surface area contributed by atoms with E-state index in [-0.39, 0.29) is 0 Å². The lowest BCUT2D eigenvalue weighted by Crippen LogP contribution is -1.96. The van der Waals surface area contributed by atoms with Crippen molar-refractivity contribution in [2.75, 3.05) is 17.6 Å². The van der Waals surface area contributed by atoms with Gasteiger partial charge in [-0.05, 0) is 0 Å². The molecule has 5 heteroatoms. The van der Waals surface area contributed by atoms with Gasteiger partial charge in [-0.25, -0.2) is 0 Å². The molecule has 0 fully saturated rings. The Bertz CT molecular complexity index is 219. The summed E-state index contributed by atoms with van der Waals surface area (Å²) in [6, 6.07) is 0. The molecule has 3 N–H and O–H groups in total. The highest BCUT2D eigenvalue weighted by atomic mass is 32.1. The minimum atomic E-state index is 0.316. The second kappa shape index (κ2) is 3.17. The lowest BCUT2D eigenvalue weighted by Gasteiger charge is -1.92. The lowest BCUT2D eigenvalue weighted by atomic mass is 10.6. The van der Waals surface area contributed by atoms with Crippen molar-refractivity contribution in [3.05, 3.63) is 12.7 Å². The van der Waals surface area contributed by atoms with Crippen molar-refractivity contribution < 1.29 is 0 Å². The molecule has 1 rings (SSSR count). The Morgan fingerprint density at radius 2 is 2.60 bits per heavy atom. The van der Waals surface area contributed by atoms with Gasteiger partial charge in [0.15, 0.2) is 0 Å². The molecule has 1 heterocycles. The number of rotatable bonds is 3. The monoisotopic (exact) mass is 156 g/mol. The van der Waals surface area contributed by atoms with Crippen LogP contribution in [0.2, 0.25) is 0 Å². The molecule has 0 spiro atoms. The van der Waals surface area contributed by atoms with Gasteiger partial charge in [-0.2, -0.15) is 9.36 Å². The van der Waals surface area contributed by atoms with E-state index in [9.17, 15) is 0 Å². The predicted molar refractivity (Wildman–Crippen MR) is 43.0 cm³/mol. The molecule has 0 aromatic carbocycles. The van der Waals surface area contributed by atoms with Gasteiger partial charge >= 0.3 is 0 Å². The zero-order valence-corrected chi connectivity index (χ0v) is 6.19. The Morgan fingerprint density at radius 1 is 1.80 bits per heavy atom. The number of anilines is 2. The first-order valence-corrected chi connectivity index (χ1v) is 3.54. The van der Waals surface area contributed by atoms with E-state index in [2.05, 4.69) is 21.3 Å². The van der Waals surface area contributed by atoms with Crippen molar-refractivity contribution in [2.45, 2.75) is 0 Å². The standard InChI is InChI=1S/C5H8N4S/c1-2-3-7-5-8-4(6)9-10-5/h2H,1,3H2,(H3,6,7,8,9). The maximum atomic E-state index is 5.27. The molecule has 0 amide bonds.